The van der Waals surface area contributed by atoms with Gasteiger partial charge in [0, 0.05) is 12.1 Å². The third-order valence-corrected chi connectivity index (χ3v) is 9.06. The fourth-order valence-electron chi connectivity index (χ4n) is 6.62. The van der Waals surface area contributed by atoms with Gasteiger partial charge in [-0.1, -0.05) is 11.6 Å². The largest absolute Gasteiger partial charge is 0.297 e. The highest BCUT2D eigenvalue weighted by Gasteiger charge is 2.62. The molecular weight excluding hydrogens is 386 g/mol. The quantitative estimate of drug-likeness (QED) is 0.704. The molecule has 5 aliphatic rings. The summed E-state index contributed by atoms with van der Waals surface area (Å²) in [6.07, 6.45) is 7.28. The van der Waals surface area contributed by atoms with Gasteiger partial charge in [0.1, 0.15) is 6.10 Å². The Morgan fingerprint density at radius 1 is 1.11 bits per heavy atom. The van der Waals surface area contributed by atoms with Gasteiger partial charge in [-0.25, -0.2) is 0 Å². The second kappa shape index (κ2) is 6.42. The number of hydrogen-bond acceptors (Lipinski definition) is 5. The van der Waals surface area contributed by atoms with E-state index in [0.717, 1.165) is 18.3 Å². The lowest BCUT2D eigenvalue weighted by Gasteiger charge is -2.61. The third-order valence-electron chi connectivity index (χ3n) is 7.51. The molecule has 7 heteroatoms. The topological polar surface area (TPSA) is 55.8 Å². The molecule has 1 aromatic rings. The van der Waals surface area contributed by atoms with Crippen molar-refractivity contribution in [2.45, 2.75) is 55.1 Å². The summed E-state index contributed by atoms with van der Waals surface area (Å²) in [6, 6.07) is 6.06. The zero-order chi connectivity index (χ0) is 18.8. The van der Waals surface area contributed by atoms with Crippen LogP contribution in [0.2, 0.25) is 5.02 Å². The molecule has 6 rings (SSSR count). The summed E-state index contributed by atoms with van der Waals surface area (Å²) in [6.45, 7) is 0.0589. The van der Waals surface area contributed by atoms with Gasteiger partial charge in [0.15, 0.2) is 0 Å². The molecule has 4 bridgehead atoms. The monoisotopic (exact) mass is 411 g/mol. The van der Waals surface area contributed by atoms with Gasteiger partial charge in [0.05, 0.1) is 17.0 Å². The van der Waals surface area contributed by atoms with E-state index >= 15 is 0 Å². The summed E-state index contributed by atoms with van der Waals surface area (Å²) in [4.78, 5) is 6.24. The minimum absolute atomic E-state index is 0.0589. The molecule has 0 unspecified atom stereocenters. The molecule has 1 saturated heterocycles. The number of hydrogen-bond donors (Lipinski definition) is 0. The van der Waals surface area contributed by atoms with Crippen LogP contribution in [0.4, 0.5) is 0 Å². The van der Waals surface area contributed by atoms with E-state index < -0.39 is 10.1 Å². The molecule has 27 heavy (non-hydrogen) atoms. The average Bonchev–Trinajstić information content (AvgIpc) is 2.95. The molecule has 0 amide bonds. The van der Waals surface area contributed by atoms with Crippen molar-refractivity contribution in [2.75, 3.05) is 13.7 Å². The summed E-state index contributed by atoms with van der Waals surface area (Å²) in [5.41, 5.74) is 0.0749. The van der Waals surface area contributed by atoms with E-state index in [1.165, 1.54) is 44.2 Å². The first-order valence-electron chi connectivity index (χ1n) is 9.92. The smallest absolute Gasteiger partial charge is 0.293 e. The van der Waals surface area contributed by atoms with Crippen molar-refractivity contribution in [3.05, 3.63) is 29.3 Å². The molecule has 4 aliphatic carbocycles. The van der Waals surface area contributed by atoms with Crippen LogP contribution in [0.5, 0.6) is 0 Å². The Kier molecular flexibility index (Phi) is 4.37. The summed E-state index contributed by atoms with van der Waals surface area (Å²) >= 11 is 5.84. The summed E-state index contributed by atoms with van der Waals surface area (Å²) in [7, 11) is -1.76. The van der Waals surface area contributed by atoms with E-state index in [4.69, 9.17) is 20.6 Å². The Balaban J connectivity index is 1.29. The standard InChI is InChI=1S/C20H26ClNO4S/c1-22-20(15-7-13-6-14(9-15)10-16(20)8-13)11-18(26-22)12-25-27(23,24)19-4-2-17(21)3-5-19/h2-5,13-16,18H,6-12H2,1H3/t13?,14?,15?,16?,18-,20?/m0/s1. The van der Waals surface area contributed by atoms with Crippen molar-refractivity contribution in [1.82, 2.24) is 5.06 Å². The number of halogens is 1. The molecule has 148 valence electrons. The van der Waals surface area contributed by atoms with Crippen LogP contribution in [0, 0.1) is 23.7 Å². The number of hydroxylamine groups is 2. The number of nitrogens with zero attached hydrogens (tertiary/aromatic N) is 1. The van der Waals surface area contributed by atoms with Gasteiger partial charge >= 0.3 is 0 Å². The van der Waals surface area contributed by atoms with Crippen LogP contribution in [0.25, 0.3) is 0 Å². The zero-order valence-corrected chi connectivity index (χ0v) is 17.1. The minimum atomic E-state index is -3.80. The first-order valence-corrected chi connectivity index (χ1v) is 11.7. The van der Waals surface area contributed by atoms with Gasteiger partial charge < -0.3 is 0 Å². The molecule has 5 fully saturated rings. The molecule has 0 N–H and O–H groups in total. The van der Waals surface area contributed by atoms with E-state index in [1.807, 2.05) is 7.05 Å². The number of benzene rings is 1. The fourth-order valence-corrected chi connectivity index (χ4v) is 7.69. The molecule has 5 nitrogen and oxygen atoms in total. The van der Waals surface area contributed by atoms with Crippen LogP contribution < -0.4 is 0 Å². The second-order valence-electron chi connectivity index (χ2n) is 8.92. The van der Waals surface area contributed by atoms with Crippen molar-refractivity contribution in [1.29, 1.82) is 0 Å². The molecule has 1 spiro atoms. The minimum Gasteiger partial charge on any atom is -0.293 e. The maximum Gasteiger partial charge on any atom is 0.297 e. The van der Waals surface area contributed by atoms with Crippen LogP contribution in [0.3, 0.4) is 0 Å². The van der Waals surface area contributed by atoms with Gasteiger partial charge in [-0.3, -0.25) is 9.02 Å². The maximum absolute atomic E-state index is 12.5. The molecular formula is C20H26ClNO4S. The molecule has 1 aliphatic heterocycles. The molecule has 1 heterocycles. The molecule has 4 saturated carbocycles. The SMILES string of the molecule is CN1O[C@H](COS(=O)(=O)c2ccc(Cl)cc2)CC12C1CC3CC(C1)CC2C3. The Morgan fingerprint density at radius 3 is 2.30 bits per heavy atom. The van der Waals surface area contributed by atoms with Gasteiger partial charge in [0.25, 0.3) is 10.1 Å². The first-order chi connectivity index (χ1) is 12.9. The van der Waals surface area contributed by atoms with E-state index in [2.05, 4.69) is 5.06 Å². The normalized spacial score (nSPS) is 40.9. The lowest BCUT2D eigenvalue weighted by molar-refractivity contribution is -0.229. The van der Waals surface area contributed by atoms with Crippen LogP contribution >= 0.6 is 11.6 Å². The maximum atomic E-state index is 12.5. The van der Waals surface area contributed by atoms with E-state index in [9.17, 15) is 8.42 Å². The van der Waals surface area contributed by atoms with Crippen molar-refractivity contribution >= 4 is 21.7 Å². The zero-order valence-electron chi connectivity index (χ0n) is 15.5. The highest BCUT2D eigenvalue weighted by Crippen LogP contribution is 2.62. The van der Waals surface area contributed by atoms with Crippen LogP contribution in [-0.4, -0.2) is 38.8 Å². The first kappa shape index (κ1) is 18.4. The van der Waals surface area contributed by atoms with Gasteiger partial charge in [0.2, 0.25) is 0 Å². The van der Waals surface area contributed by atoms with E-state index in [0.29, 0.717) is 16.9 Å². The van der Waals surface area contributed by atoms with Crippen molar-refractivity contribution in [2.24, 2.45) is 23.7 Å². The highest BCUT2D eigenvalue weighted by atomic mass is 35.5. The Labute approximate surface area is 166 Å². The molecule has 0 radical (unpaired) electrons. The summed E-state index contributed by atoms with van der Waals surface area (Å²) in [5, 5.41) is 2.57. The van der Waals surface area contributed by atoms with Crippen molar-refractivity contribution < 1.29 is 17.4 Å². The van der Waals surface area contributed by atoms with E-state index in [-0.39, 0.29) is 23.1 Å². The molecule has 1 atom stereocenters. The second-order valence-corrected chi connectivity index (χ2v) is 11.0. The van der Waals surface area contributed by atoms with Crippen LogP contribution in [0.1, 0.15) is 38.5 Å². The lowest BCUT2D eigenvalue weighted by Crippen LogP contribution is -2.62. The Hall–Kier alpha value is -0.660. The Morgan fingerprint density at radius 2 is 1.70 bits per heavy atom. The summed E-state index contributed by atoms with van der Waals surface area (Å²) in [5.74, 6) is 3.15. The van der Waals surface area contributed by atoms with Crippen LogP contribution in [0.15, 0.2) is 29.2 Å². The number of rotatable bonds is 4. The molecule has 0 aromatic heterocycles. The average molecular weight is 412 g/mol. The Bertz CT molecular complexity index is 797. The summed E-state index contributed by atoms with van der Waals surface area (Å²) < 4.78 is 30.3. The predicted molar refractivity (Wildman–Crippen MR) is 102 cm³/mol. The van der Waals surface area contributed by atoms with Crippen molar-refractivity contribution in [3.8, 4) is 0 Å². The van der Waals surface area contributed by atoms with Crippen molar-refractivity contribution in [3.63, 3.8) is 0 Å². The predicted octanol–water partition coefficient (Wildman–Crippen LogP) is 3.88. The van der Waals surface area contributed by atoms with Gasteiger partial charge in [-0.15, -0.1) is 0 Å². The van der Waals surface area contributed by atoms with E-state index in [1.54, 1.807) is 12.1 Å². The highest BCUT2D eigenvalue weighted by molar-refractivity contribution is 7.86. The molecule has 1 aromatic carbocycles. The lowest BCUT2D eigenvalue weighted by atomic mass is 9.47. The third kappa shape index (κ3) is 2.96. The van der Waals surface area contributed by atoms with Gasteiger partial charge in [-0.05, 0) is 86.5 Å². The van der Waals surface area contributed by atoms with Crippen LogP contribution in [-0.2, 0) is 19.1 Å². The fraction of sp³-hybridized carbons (Fsp3) is 0.700. The van der Waals surface area contributed by atoms with Gasteiger partial charge in [-0.2, -0.15) is 13.5 Å².